The summed E-state index contributed by atoms with van der Waals surface area (Å²) in [5.74, 6) is 0.890. The molecule has 2 N–H and O–H groups in total. The van der Waals surface area contributed by atoms with Crippen molar-refractivity contribution in [1.82, 2.24) is 10.7 Å². The van der Waals surface area contributed by atoms with Crippen LogP contribution in [0.15, 0.2) is 45.9 Å². The molecule has 0 bridgehead atoms. The van der Waals surface area contributed by atoms with Crippen LogP contribution in [0, 0.1) is 6.92 Å². The van der Waals surface area contributed by atoms with Crippen molar-refractivity contribution in [1.29, 1.82) is 0 Å². The van der Waals surface area contributed by atoms with Crippen LogP contribution >= 0.6 is 11.6 Å². The quantitative estimate of drug-likeness (QED) is 0.589. The average molecular weight is 350 g/mol. The second-order valence-corrected chi connectivity index (χ2v) is 5.20. The number of carbonyl (C=O) groups is 2. The third kappa shape index (κ3) is 6.13. The highest BCUT2D eigenvalue weighted by Crippen LogP contribution is 2.15. The number of nitrogens with one attached hydrogen (secondary N) is 2. The number of hydrazone groups is 1. The Bertz CT molecular complexity index is 725. The van der Waals surface area contributed by atoms with Crippen molar-refractivity contribution < 1.29 is 18.7 Å². The second kappa shape index (κ2) is 8.73. The molecule has 0 aliphatic heterocycles. The summed E-state index contributed by atoms with van der Waals surface area (Å²) in [7, 11) is 0. The van der Waals surface area contributed by atoms with E-state index in [0.29, 0.717) is 16.5 Å². The molecule has 1 aromatic carbocycles. The lowest BCUT2D eigenvalue weighted by Gasteiger charge is -2.06. The highest BCUT2D eigenvalue weighted by atomic mass is 35.5. The zero-order valence-corrected chi connectivity index (χ0v) is 13.7. The van der Waals surface area contributed by atoms with E-state index < -0.39 is 11.8 Å². The van der Waals surface area contributed by atoms with E-state index in [0.717, 1.165) is 5.76 Å². The number of halogens is 1. The van der Waals surface area contributed by atoms with Gasteiger partial charge in [-0.1, -0.05) is 11.6 Å². The normalized spacial score (nSPS) is 10.6. The number of amides is 2. The molecule has 0 aliphatic carbocycles. The first-order chi connectivity index (χ1) is 11.5. The van der Waals surface area contributed by atoms with Crippen molar-refractivity contribution in [2.75, 3.05) is 13.2 Å². The van der Waals surface area contributed by atoms with Crippen LogP contribution in [0.5, 0.6) is 5.75 Å². The molecule has 0 saturated heterocycles. The van der Waals surface area contributed by atoms with Crippen LogP contribution in [-0.4, -0.2) is 31.2 Å². The molecule has 0 atom stereocenters. The lowest BCUT2D eigenvalue weighted by atomic mass is 10.3. The third-order valence-electron chi connectivity index (χ3n) is 2.77. The van der Waals surface area contributed by atoms with Crippen molar-refractivity contribution >= 4 is 29.6 Å². The summed E-state index contributed by atoms with van der Waals surface area (Å²) in [5.41, 5.74) is 2.28. The van der Waals surface area contributed by atoms with Gasteiger partial charge in [-0.25, -0.2) is 5.43 Å². The molecule has 2 rings (SSSR count). The molecule has 0 radical (unpaired) electrons. The van der Waals surface area contributed by atoms with Crippen molar-refractivity contribution in [3.8, 4) is 5.75 Å². The molecule has 2 aromatic rings. The molecule has 0 aliphatic rings. The van der Waals surface area contributed by atoms with E-state index in [1.54, 1.807) is 43.3 Å². The van der Waals surface area contributed by atoms with Crippen LogP contribution in [0.2, 0.25) is 5.02 Å². The van der Waals surface area contributed by atoms with E-state index in [2.05, 4.69) is 15.8 Å². The number of aryl methyl sites for hydroxylation is 1. The molecular formula is C16H16ClN3O4. The number of hydrogen-bond donors (Lipinski definition) is 2. The Balaban J connectivity index is 1.64. The summed E-state index contributed by atoms with van der Waals surface area (Å²) in [5, 5.41) is 6.72. The van der Waals surface area contributed by atoms with Crippen molar-refractivity contribution in [2.45, 2.75) is 6.92 Å². The van der Waals surface area contributed by atoms with Crippen LogP contribution < -0.4 is 15.5 Å². The molecule has 126 valence electrons. The van der Waals surface area contributed by atoms with Gasteiger partial charge >= 0.3 is 0 Å². The van der Waals surface area contributed by atoms with E-state index in [1.807, 2.05) is 0 Å². The number of nitrogens with zero attached hydrogens (tertiary/aromatic N) is 1. The molecule has 0 spiro atoms. The van der Waals surface area contributed by atoms with E-state index in [4.69, 9.17) is 20.8 Å². The predicted octanol–water partition coefficient (Wildman–Crippen LogP) is 1.89. The molecule has 7 nitrogen and oxygen atoms in total. The monoisotopic (exact) mass is 349 g/mol. The minimum absolute atomic E-state index is 0.205. The Labute approximate surface area is 143 Å². The SMILES string of the molecule is Cc1ccc(/C=N\NC(=O)CNC(=O)COc2ccc(Cl)cc2)o1. The second-order valence-electron chi connectivity index (χ2n) is 4.76. The first-order valence-electron chi connectivity index (χ1n) is 7.06. The molecule has 24 heavy (non-hydrogen) atoms. The molecule has 2 amide bonds. The predicted molar refractivity (Wildman–Crippen MR) is 89.1 cm³/mol. The van der Waals surface area contributed by atoms with Gasteiger partial charge in [0.15, 0.2) is 6.61 Å². The van der Waals surface area contributed by atoms with E-state index in [9.17, 15) is 9.59 Å². The minimum Gasteiger partial charge on any atom is -0.484 e. The molecule has 1 aromatic heterocycles. The lowest BCUT2D eigenvalue weighted by Crippen LogP contribution is -2.37. The maximum atomic E-state index is 11.6. The fraction of sp³-hybridized carbons (Fsp3) is 0.188. The maximum absolute atomic E-state index is 11.6. The van der Waals surface area contributed by atoms with E-state index >= 15 is 0 Å². The average Bonchev–Trinajstić information content (AvgIpc) is 2.98. The van der Waals surface area contributed by atoms with Gasteiger partial charge in [-0.15, -0.1) is 0 Å². The molecule has 8 heteroatoms. The Morgan fingerprint density at radius 1 is 1.21 bits per heavy atom. The van der Waals surface area contributed by atoms with Crippen molar-refractivity contribution in [3.63, 3.8) is 0 Å². The Morgan fingerprint density at radius 2 is 1.96 bits per heavy atom. The summed E-state index contributed by atoms with van der Waals surface area (Å²) >= 11 is 5.74. The van der Waals surface area contributed by atoms with E-state index in [1.165, 1.54) is 6.21 Å². The van der Waals surface area contributed by atoms with Gasteiger partial charge in [-0.05, 0) is 43.3 Å². The first-order valence-corrected chi connectivity index (χ1v) is 7.44. The smallest absolute Gasteiger partial charge is 0.259 e. The van der Waals surface area contributed by atoms with Crippen LogP contribution in [0.1, 0.15) is 11.5 Å². The van der Waals surface area contributed by atoms with E-state index in [-0.39, 0.29) is 13.2 Å². The summed E-state index contributed by atoms with van der Waals surface area (Å²) in [4.78, 5) is 23.1. The summed E-state index contributed by atoms with van der Waals surface area (Å²) in [6.07, 6.45) is 1.37. The van der Waals surface area contributed by atoms with Gasteiger partial charge in [-0.2, -0.15) is 5.10 Å². The van der Waals surface area contributed by atoms with Crippen LogP contribution in [-0.2, 0) is 9.59 Å². The number of ether oxygens (including phenoxy) is 1. The molecular weight excluding hydrogens is 334 g/mol. The summed E-state index contributed by atoms with van der Waals surface area (Å²) < 4.78 is 10.5. The Kier molecular flexibility index (Phi) is 6.39. The third-order valence-corrected chi connectivity index (χ3v) is 3.02. The van der Waals surface area contributed by atoms with Gasteiger partial charge in [0.1, 0.15) is 17.3 Å². The number of furan rings is 1. The van der Waals surface area contributed by atoms with Gasteiger partial charge < -0.3 is 14.5 Å². The van der Waals surface area contributed by atoms with Crippen LogP contribution in [0.25, 0.3) is 0 Å². The number of carbonyl (C=O) groups excluding carboxylic acids is 2. The Morgan fingerprint density at radius 3 is 2.62 bits per heavy atom. The molecule has 0 fully saturated rings. The molecule has 0 unspecified atom stereocenters. The molecule has 0 saturated carbocycles. The zero-order chi connectivity index (χ0) is 17.4. The van der Waals surface area contributed by atoms with Gasteiger partial charge in [0.25, 0.3) is 11.8 Å². The highest BCUT2D eigenvalue weighted by Gasteiger charge is 2.06. The lowest BCUT2D eigenvalue weighted by molar-refractivity contribution is -0.127. The maximum Gasteiger partial charge on any atom is 0.259 e. The van der Waals surface area contributed by atoms with Gasteiger partial charge in [0.05, 0.1) is 12.8 Å². The topological polar surface area (TPSA) is 92.9 Å². The van der Waals surface area contributed by atoms with Crippen molar-refractivity contribution in [2.24, 2.45) is 5.10 Å². The number of benzene rings is 1. The zero-order valence-electron chi connectivity index (χ0n) is 12.9. The largest absolute Gasteiger partial charge is 0.484 e. The van der Waals surface area contributed by atoms with Gasteiger partial charge in [0, 0.05) is 5.02 Å². The van der Waals surface area contributed by atoms with Crippen molar-refractivity contribution in [3.05, 3.63) is 52.9 Å². The first kappa shape index (κ1) is 17.6. The summed E-state index contributed by atoms with van der Waals surface area (Å²) in [6.45, 7) is 1.39. The van der Waals surface area contributed by atoms with Gasteiger partial charge in [0.2, 0.25) is 0 Å². The standard InChI is InChI=1S/C16H16ClN3O4/c1-11-2-5-14(24-11)8-19-20-15(21)9-18-16(22)10-23-13-6-3-12(17)4-7-13/h2-8H,9-10H2,1H3,(H,18,22)(H,20,21)/b19-8-. The fourth-order valence-corrected chi connectivity index (χ4v) is 1.77. The number of hydrogen-bond acceptors (Lipinski definition) is 5. The number of rotatable bonds is 7. The Hall–Kier alpha value is -2.80. The summed E-state index contributed by atoms with van der Waals surface area (Å²) in [6, 6.07) is 10.1. The van der Waals surface area contributed by atoms with Crippen LogP contribution in [0.3, 0.4) is 0 Å². The van der Waals surface area contributed by atoms with Gasteiger partial charge in [-0.3, -0.25) is 9.59 Å². The minimum atomic E-state index is -0.464. The fourth-order valence-electron chi connectivity index (χ4n) is 1.64. The molecule has 1 heterocycles. The van der Waals surface area contributed by atoms with Crippen LogP contribution in [0.4, 0.5) is 0 Å². The highest BCUT2D eigenvalue weighted by molar-refractivity contribution is 6.30.